The monoisotopic (exact) mass is 272 g/mol. The number of carbonyl (C=O) groups is 1. The van der Waals surface area contributed by atoms with Crippen molar-refractivity contribution in [3.8, 4) is 0 Å². The average Bonchev–Trinajstić information content (AvgIpc) is 2.68. The zero-order valence-corrected chi connectivity index (χ0v) is 9.95. The number of aromatic nitrogens is 2. The molecule has 0 atom stereocenters. The molecule has 102 valence electrons. The van der Waals surface area contributed by atoms with Crippen molar-refractivity contribution in [3.63, 3.8) is 0 Å². The van der Waals surface area contributed by atoms with Gasteiger partial charge in [0.2, 0.25) is 0 Å². The summed E-state index contributed by atoms with van der Waals surface area (Å²) in [4.78, 5) is 12.5. The molecule has 2 rings (SSSR count). The fourth-order valence-corrected chi connectivity index (χ4v) is 1.72. The molecule has 0 aliphatic rings. The molecule has 0 bridgehead atoms. The Bertz CT molecular complexity index is 620. The summed E-state index contributed by atoms with van der Waals surface area (Å²) in [5, 5.41) is 6.73. The lowest BCUT2D eigenvalue weighted by Crippen LogP contribution is -2.36. The molecule has 0 unspecified atom stereocenters. The number of nitrogens with one attached hydrogen (secondary N) is 1. The van der Waals surface area contributed by atoms with Gasteiger partial charge in [-0.05, 0) is 18.2 Å². The van der Waals surface area contributed by atoms with E-state index in [1.165, 1.54) is 6.07 Å². The van der Waals surface area contributed by atoms with Crippen LogP contribution in [-0.4, -0.2) is 40.8 Å². The van der Waals surface area contributed by atoms with Crippen LogP contribution in [0.3, 0.4) is 0 Å². The normalized spacial score (nSPS) is 11.8. The van der Waals surface area contributed by atoms with E-state index < -0.39 is 18.6 Å². The number of hydrogen-bond donors (Lipinski definition) is 2. The van der Waals surface area contributed by atoms with Crippen LogP contribution in [0.4, 0.5) is 18.9 Å². The van der Waals surface area contributed by atoms with Gasteiger partial charge in [0, 0.05) is 18.1 Å². The van der Waals surface area contributed by atoms with Gasteiger partial charge in [0.25, 0.3) is 5.91 Å². The molecular weight excluding hydrogens is 261 g/mol. The predicted octanol–water partition coefficient (Wildman–Crippen LogP) is 1.78. The first-order chi connectivity index (χ1) is 8.78. The second-order valence-corrected chi connectivity index (χ2v) is 4.15. The molecule has 0 saturated carbocycles. The van der Waals surface area contributed by atoms with Gasteiger partial charge in [-0.3, -0.25) is 9.89 Å². The molecule has 0 saturated heterocycles. The smallest absolute Gasteiger partial charge is 0.399 e. The van der Waals surface area contributed by atoms with Gasteiger partial charge in [-0.1, -0.05) is 0 Å². The zero-order valence-electron chi connectivity index (χ0n) is 9.95. The van der Waals surface area contributed by atoms with Gasteiger partial charge in [-0.2, -0.15) is 18.3 Å². The Labute approximate surface area is 106 Å². The topological polar surface area (TPSA) is 75.0 Å². The quantitative estimate of drug-likeness (QED) is 0.818. The number of anilines is 1. The van der Waals surface area contributed by atoms with Crippen LogP contribution in [0.2, 0.25) is 0 Å². The number of nitrogens with zero attached hydrogens (tertiary/aromatic N) is 2. The van der Waals surface area contributed by atoms with E-state index in [-0.39, 0.29) is 5.69 Å². The highest BCUT2D eigenvalue weighted by Crippen LogP contribution is 2.21. The van der Waals surface area contributed by atoms with E-state index in [9.17, 15) is 18.0 Å². The highest BCUT2D eigenvalue weighted by atomic mass is 19.4. The molecule has 1 aromatic heterocycles. The van der Waals surface area contributed by atoms with Crippen LogP contribution in [0.15, 0.2) is 18.2 Å². The van der Waals surface area contributed by atoms with Gasteiger partial charge < -0.3 is 10.6 Å². The Morgan fingerprint density at radius 3 is 2.79 bits per heavy atom. The van der Waals surface area contributed by atoms with Crippen LogP contribution in [0.1, 0.15) is 10.5 Å². The number of nitrogens with two attached hydrogens (primary N) is 1. The van der Waals surface area contributed by atoms with E-state index in [4.69, 9.17) is 5.73 Å². The van der Waals surface area contributed by atoms with Crippen LogP contribution in [0, 0.1) is 0 Å². The Balaban J connectivity index is 2.34. The molecule has 2 aromatic rings. The summed E-state index contributed by atoms with van der Waals surface area (Å²) < 4.78 is 36.7. The van der Waals surface area contributed by atoms with Gasteiger partial charge >= 0.3 is 6.18 Å². The Morgan fingerprint density at radius 1 is 1.47 bits per heavy atom. The lowest BCUT2D eigenvalue weighted by atomic mass is 10.2. The fraction of sp³-hybridized carbons (Fsp3) is 0.273. The first kappa shape index (κ1) is 13.2. The van der Waals surface area contributed by atoms with E-state index >= 15 is 0 Å². The summed E-state index contributed by atoms with van der Waals surface area (Å²) >= 11 is 0. The van der Waals surface area contributed by atoms with Crippen LogP contribution in [-0.2, 0) is 0 Å². The summed E-state index contributed by atoms with van der Waals surface area (Å²) in [5.74, 6) is -0.811. The molecule has 0 aliphatic heterocycles. The van der Waals surface area contributed by atoms with Crippen LogP contribution in [0.25, 0.3) is 10.9 Å². The van der Waals surface area contributed by atoms with Crippen molar-refractivity contribution in [2.45, 2.75) is 6.18 Å². The molecule has 8 heteroatoms. The van der Waals surface area contributed by atoms with Gasteiger partial charge in [-0.25, -0.2) is 0 Å². The minimum atomic E-state index is -4.45. The van der Waals surface area contributed by atoms with Crippen molar-refractivity contribution in [3.05, 3.63) is 23.9 Å². The first-order valence-electron chi connectivity index (χ1n) is 5.34. The van der Waals surface area contributed by atoms with Crippen LogP contribution in [0.5, 0.6) is 0 Å². The molecule has 1 amide bonds. The van der Waals surface area contributed by atoms with Gasteiger partial charge in [0.05, 0.1) is 5.52 Å². The third kappa shape index (κ3) is 2.78. The maximum absolute atomic E-state index is 12.2. The van der Waals surface area contributed by atoms with Crippen molar-refractivity contribution in [2.75, 3.05) is 19.3 Å². The summed E-state index contributed by atoms with van der Waals surface area (Å²) in [7, 11) is 1.07. The molecule has 3 N–H and O–H groups in total. The standard InChI is InChI=1S/C11H11F3N4O/c1-18(5-11(12,13)14)10(19)9-7-4-6(15)2-3-8(7)16-17-9/h2-4H,5,15H2,1H3,(H,16,17). The number of hydrogen-bond acceptors (Lipinski definition) is 3. The molecule has 0 radical (unpaired) electrons. The zero-order chi connectivity index (χ0) is 14.2. The minimum Gasteiger partial charge on any atom is -0.399 e. The van der Waals surface area contributed by atoms with Crippen LogP contribution < -0.4 is 5.73 Å². The van der Waals surface area contributed by atoms with Gasteiger partial charge in [-0.15, -0.1) is 0 Å². The molecule has 0 fully saturated rings. The number of halogens is 3. The third-order valence-corrected chi connectivity index (χ3v) is 2.55. The van der Waals surface area contributed by atoms with Crippen LogP contribution >= 0.6 is 0 Å². The number of alkyl halides is 3. The molecule has 0 spiro atoms. The van der Waals surface area contributed by atoms with Crippen molar-refractivity contribution in [1.29, 1.82) is 0 Å². The molecule has 1 aromatic carbocycles. The van der Waals surface area contributed by atoms with Crippen molar-refractivity contribution >= 4 is 22.5 Å². The number of carbonyl (C=O) groups excluding carboxylic acids is 1. The van der Waals surface area contributed by atoms with Crippen molar-refractivity contribution < 1.29 is 18.0 Å². The van der Waals surface area contributed by atoms with Gasteiger partial charge in [0.15, 0.2) is 5.69 Å². The summed E-state index contributed by atoms with van der Waals surface area (Å²) in [6, 6.07) is 4.71. The lowest BCUT2D eigenvalue weighted by Gasteiger charge is -2.17. The van der Waals surface area contributed by atoms with E-state index in [2.05, 4.69) is 10.2 Å². The predicted molar refractivity (Wildman–Crippen MR) is 63.5 cm³/mol. The lowest BCUT2D eigenvalue weighted by molar-refractivity contribution is -0.138. The summed E-state index contributed by atoms with van der Waals surface area (Å²) in [6.07, 6.45) is -4.45. The van der Waals surface area contributed by atoms with Crippen molar-refractivity contribution in [1.82, 2.24) is 15.1 Å². The number of H-pyrrole nitrogens is 1. The fourth-order valence-electron chi connectivity index (χ4n) is 1.72. The van der Waals surface area contributed by atoms with Gasteiger partial charge in [0.1, 0.15) is 6.54 Å². The summed E-state index contributed by atoms with van der Waals surface area (Å²) in [6.45, 7) is -1.33. The SMILES string of the molecule is CN(CC(F)(F)F)C(=O)c1n[nH]c2ccc(N)cc12. The number of aromatic amines is 1. The second kappa shape index (κ2) is 4.45. The maximum Gasteiger partial charge on any atom is 0.406 e. The van der Waals surface area contributed by atoms with E-state index in [1.807, 2.05) is 0 Å². The molecular formula is C11H11F3N4O. The number of rotatable bonds is 2. The number of benzene rings is 1. The Kier molecular flexibility index (Phi) is 3.09. The van der Waals surface area contributed by atoms with E-state index in [1.54, 1.807) is 12.1 Å². The molecule has 5 nitrogen and oxygen atoms in total. The number of amides is 1. The van der Waals surface area contributed by atoms with E-state index in [0.717, 1.165) is 7.05 Å². The molecule has 0 aliphatic carbocycles. The first-order valence-corrected chi connectivity index (χ1v) is 5.34. The third-order valence-electron chi connectivity index (χ3n) is 2.55. The summed E-state index contributed by atoms with van der Waals surface area (Å²) in [5.41, 5.74) is 6.45. The molecule has 1 heterocycles. The largest absolute Gasteiger partial charge is 0.406 e. The average molecular weight is 272 g/mol. The number of nitrogen functional groups attached to an aromatic ring is 1. The van der Waals surface area contributed by atoms with E-state index in [0.29, 0.717) is 21.5 Å². The van der Waals surface area contributed by atoms with Crippen molar-refractivity contribution in [2.24, 2.45) is 0 Å². The highest BCUT2D eigenvalue weighted by molar-refractivity contribution is 6.05. The minimum absolute atomic E-state index is 0.0750. The second-order valence-electron chi connectivity index (χ2n) is 4.15. The number of fused-ring (bicyclic) bond motifs is 1. The Morgan fingerprint density at radius 2 is 2.16 bits per heavy atom. The highest BCUT2D eigenvalue weighted by Gasteiger charge is 2.32. The Hall–Kier alpha value is -2.25. The maximum atomic E-state index is 12.2. The molecule has 19 heavy (non-hydrogen) atoms.